The van der Waals surface area contributed by atoms with Crippen LogP contribution in [-0.2, 0) is 4.74 Å². The fraction of sp³-hybridized carbons (Fsp3) is 1.00. The smallest absolute Gasteiger partial charge is 0.0950 e. The molecule has 14 heavy (non-hydrogen) atoms. The molecule has 0 aromatic rings. The first-order valence-corrected chi connectivity index (χ1v) is 5.47. The predicted octanol–water partition coefficient (Wildman–Crippen LogP) is -0.442. The molecule has 0 aromatic carbocycles. The highest BCUT2D eigenvalue weighted by molar-refractivity contribution is 4.92. The number of piperidine rings is 1. The summed E-state index contributed by atoms with van der Waals surface area (Å²) in [5, 5.41) is 9.74. The molecule has 4 unspecified atom stereocenters. The van der Waals surface area contributed by atoms with Crippen molar-refractivity contribution in [1.82, 2.24) is 4.90 Å². The van der Waals surface area contributed by atoms with E-state index < -0.39 is 0 Å². The summed E-state index contributed by atoms with van der Waals surface area (Å²) in [5.74, 6) is 0. The molecular formula is C10H20N2O2. The summed E-state index contributed by atoms with van der Waals surface area (Å²) in [7, 11) is 0. The van der Waals surface area contributed by atoms with Crippen molar-refractivity contribution >= 4 is 0 Å². The minimum atomic E-state index is -0.331. The molecule has 0 spiro atoms. The Morgan fingerprint density at radius 2 is 2.21 bits per heavy atom. The summed E-state index contributed by atoms with van der Waals surface area (Å²) in [4.78, 5) is 2.31. The standard InChI is InChI=1S/C10H20N2O2/c1-7-8(11)3-2-4-12(7)9-5-14-6-10(9)13/h7-10,13H,2-6,11H2,1H3. The molecule has 82 valence electrons. The van der Waals surface area contributed by atoms with Crippen LogP contribution in [-0.4, -0.2) is 54.0 Å². The monoisotopic (exact) mass is 200 g/mol. The van der Waals surface area contributed by atoms with Crippen LogP contribution in [0.2, 0.25) is 0 Å². The normalized spacial score (nSPS) is 45.6. The number of hydrogen-bond acceptors (Lipinski definition) is 4. The van der Waals surface area contributed by atoms with Crippen LogP contribution in [0.1, 0.15) is 19.8 Å². The summed E-state index contributed by atoms with van der Waals surface area (Å²) in [6.45, 7) is 4.32. The zero-order chi connectivity index (χ0) is 10.1. The van der Waals surface area contributed by atoms with Gasteiger partial charge in [0.15, 0.2) is 0 Å². The van der Waals surface area contributed by atoms with Crippen molar-refractivity contribution in [2.24, 2.45) is 5.73 Å². The summed E-state index contributed by atoms with van der Waals surface area (Å²) in [6.07, 6.45) is 1.90. The van der Waals surface area contributed by atoms with Crippen LogP contribution in [0, 0.1) is 0 Å². The third-order valence-corrected chi connectivity index (χ3v) is 3.54. The zero-order valence-electron chi connectivity index (χ0n) is 8.72. The van der Waals surface area contributed by atoms with Crippen molar-refractivity contribution in [2.75, 3.05) is 19.8 Å². The number of aliphatic hydroxyl groups excluding tert-OH is 1. The van der Waals surface area contributed by atoms with E-state index in [1.54, 1.807) is 0 Å². The highest BCUT2D eigenvalue weighted by atomic mass is 16.5. The fourth-order valence-electron chi connectivity index (χ4n) is 2.52. The lowest BCUT2D eigenvalue weighted by atomic mass is 9.95. The third-order valence-electron chi connectivity index (χ3n) is 3.54. The first-order valence-electron chi connectivity index (χ1n) is 5.47. The van der Waals surface area contributed by atoms with Gasteiger partial charge in [-0.3, -0.25) is 4.90 Å². The third kappa shape index (κ3) is 1.80. The second-order valence-electron chi connectivity index (χ2n) is 4.46. The number of hydrogen-bond donors (Lipinski definition) is 2. The SMILES string of the molecule is CC1C(N)CCCN1C1COCC1O. The maximum absolute atomic E-state index is 9.74. The molecule has 0 amide bonds. The van der Waals surface area contributed by atoms with Crippen LogP contribution in [0.5, 0.6) is 0 Å². The van der Waals surface area contributed by atoms with Crippen molar-refractivity contribution in [2.45, 2.75) is 44.0 Å². The predicted molar refractivity (Wildman–Crippen MR) is 54.0 cm³/mol. The Kier molecular flexibility index (Phi) is 3.07. The Morgan fingerprint density at radius 3 is 2.86 bits per heavy atom. The largest absolute Gasteiger partial charge is 0.389 e. The Labute approximate surface area is 85.0 Å². The highest BCUT2D eigenvalue weighted by Crippen LogP contribution is 2.23. The van der Waals surface area contributed by atoms with Crippen molar-refractivity contribution in [1.29, 1.82) is 0 Å². The number of rotatable bonds is 1. The minimum absolute atomic E-state index is 0.163. The number of nitrogens with two attached hydrogens (primary N) is 1. The van der Waals surface area contributed by atoms with Crippen molar-refractivity contribution in [3.05, 3.63) is 0 Å². The zero-order valence-corrected chi connectivity index (χ0v) is 8.72. The van der Waals surface area contributed by atoms with Gasteiger partial charge in [0.25, 0.3) is 0 Å². The molecule has 0 aliphatic carbocycles. The Hall–Kier alpha value is -0.160. The van der Waals surface area contributed by atoms with Crippen LogP contribution in [0.4, 0.5) is 0 Å². The van der Waals surface area contributed by atoms with E-state index in [0.29, 0.717) is 19.3 Å². The van der Waals surface area contributed by atoms with Gasteiger partial charge in [0.2, 0.25) is 0 Å². The molecule has 2 aliphatic rings. The van der Waals surface area contributed by atoms with Crippen LogP contribution >= 0.6 is 0 Å². The van der Waals surface area contributed by atoms with Crippen LogP contribution in [0.3, 0.4) is 0 Å². The van der Waals surface area contributed by atoms with E-state index >= 15 is 0 Å². The Balaban J connectivity index is 2.01. The van der Waals surface area contributed by atoms with E-state index in [2.05, 4.69) is 11.8 Å². The van der Waals surface area contributed by atoms with Gasteiger partial charge in [-0.15, -0.1) is 0 Å². The Bertz CT molecular complexity index is 201. The van der Waals surface area contributed by atoms with Crippen LogP contribution in [0.25, 0.3) is 0 Å². The first-order chi connectivity index (χ1) is 6.70. The van der Waals surface area contributed by atoms with Gasteiger partial charge in [-0.05, 0) is 26.3 Å². The number of nitrogens with zero attached hydrogens (tertiary/aromatic N) is 1. The maximum atomic E-state index is 9.74. The van der Waals surface area contributed by atoms with Gasteiger partial charge in [-0.25, -0.2) is 0 Å². The molecule has 0 bridgehead atoms. The lowest BCUT2D eigenvalue weighted by Crippen LogP contribution is -2.57. The highest BCUT2D eigenvalue weighted by Gasteiger charge is 2.37. The second-order valence-corrected chi connectivity index (χ2v) is 4.46. The number of ether oxygens (including phenoxy) is 1. The van der Waals surface area contributed by atoms with Crippen LogP contribution in [0.15, 0.2) is 0 Å². The lowest BCUT2D eigenvalue weighted by Gasteiger charge is -2.41. The molecule has 3 N–H and O–H groups in total. The van der Waals surface area contributed by atoms with Gasteiger partial charge in [-0.1, -0.05) is 0 Å². The molecule has 4 nitrogen and oxygen atoms in total. The topological polar surface area (TPSA) is 58.7 Å². The molecule has 2 fully saturated rings. The molecule has 4 heteroatoms. The lowest BCUT2D eigenvalue weighted by molar-refractivity contribution is 0.0325. The van der Waals surface area contributed by atoms with Gasteiger partial charge in [0.1, 0.15) is 0 Å². The van der Waals surface area contributed by atoms with Gasteiger partial charge in [0.05, 0.1) is 25.4 Å². The second kappa shape index (κ2) is 4.14. The van der Waals surface area contributed by atoms with Gasteiger partial charge in [0, 0.05) is 12.1 Å². The van der Waals surface area contributed by atoms with Gasteiger partial charge in [-0.2, -0.15) is 0 Å². The first kappa shape index (κ1) is 10.4. The average molecular weight is 200 g/mol. The average Bonchev–Trinajstić information content (AvgIpc) is 2.57. The van der Waals surface area contributed by atoms with E-state index in [1.807, 2.05) is 0 Å². The summed E-state index contributed by atoms with van der Waals surface area (Å²) in [5.41, 5.74) is 6.02. The van der Waals surface area contributed by atoms with Crippen molar-refractivity contribution < 1.29 is 9.84 Å². The fourth-order valence-corrected chi connectivity index (χ4v) is 2.52. The van der Waals surface area contributed by atoms with Crippen LogP contribution < -0.4 is 5.73 Å². The quantitative estimate of drug-likeness (QED) is 0.602. The molecule has 2 saturated heterocycles. The number of aliphatic hydroxyl groups is 1. The van der Waals surface area contributed by atoms with Crippen molar-refractivity contribution in [3.63, 3.8) is 0 Å². The molecule has 0 saturated carbocycles. The van der Waals surface area contributed by atoms with E-state index in [0.717, 1.165) is 19.4 Å². The summed E-state index contributed by atoms with van der Waals surface area (Å²) >= 11 is 0. The van der Waals surface area contributed by atoms with E-state index in [1.165, 1.54) is 0 Å². The summed E-state index contributed by atoms with van der Waals surface area (Å²) in [6, 6.07) is 0.776. The van der Waals surface area contributed by atoms with Gasteiger partial charge < -0.3 is 15.6 Å². The van der Waals surface area contributed by atoms with E-state index in [9.17, 15) is 5.11 Å². The molecule has 4 atom stereocenters. The molecule has 2 heterocycles. The minimum Gasteiger partial charge on any atom is -0.389 e. The molecule has 2 rings (SSSR count). The molecule has 2 aliphatic heterocycles. The number of likely N-dealkylation sites (tertiary alicyclic amines) is 1. The Morgan fingerprint density at radius 1 is 1.43 bits per heavy atom. The van der Waals surface area contributed by atoms with Gasteiger partial charge >= 0.3 is 0 Å². The summed E-state index contributed by atoms with van der Waals surface area (Å²) < 4.78 is 5.27. The molecule has 0 radical (unpaired) electrons. The van der Waals surface area contributed by atoms with E-state index in [-0.39, 0.29) is 18.2 Å². The van der Waals surface area contributed by atoms with E-state index in [4.69, 9.17) is 10.5 Å². The molecule has 0 aromatic heterocycles. The van der Waals surface area contributed by atoms with Crippen molar-refractivity contribution in [3.8, 4) is 0 Å². The maximum Gasteiger partial charge on any atom is 0.0950 e. The molecular weight excluding hydrogens is 180 g/mol.